The standard InChI is InChI=1S/C17H20N2O4S/c1-11-5-6-12(2)17(9-11)24(21,22)19-18-13(3)15-8-7-14(23-4)10-16(15)20/h5-10,19-20H,1-4H3/b18-13+. The number of aromatic hydroxyl groups is 1. The molecule has 0 unspecified atom stereocenters. The molecular weight excluding hydrogens is 328 g/mol. The Morgan fingerprint density at radius 3 is 2.50 bits per heavy atom. The van der Waals surface area contributed by atoms with Crippen LogP contribution >= 0.6 is 0 Å². The molecule has 7 heteroatoms. The van der Waals surface area contributed by atoms with Gasteiger partial charge in [0.1, 0.15) is 11.5 Å². The largest absolute Gasteiger partial charge is 0.507 e. The van der Waals surface area contributed by atoms with Gasteiger partial charge in [0.15, 0.2) is 0 Å². The summed E-state index contributed by atoms with van der Waals surface area (Å²) in [7, 11) is -2.29. The van der Waals surface area contributed by atoms with Crippen LogP contribution in [0, 0.1) is 13.8 Å². The lowest BCUT2D eigenvalue weighted by atomic mass is 10.1. The molecule has 0 bridgehead atoms. The molecule has 2 N–H and O–H groups in total. The summed E-state index contributed by atoms with van der Waals surface area (Å²) >= 11 is 0. The monoisotopic (exact) mass is 348 g/mol. The SMILES string of the molecule is COc1ccc(/C(C)=N/NS(=O)(=O)c2cc(C)ccc2C)c(O)c1. The van der Waals surface area contributed by atoms with Crippen molar-refractivity contribution in [3.8, 4) is 11.5 Å². The fraction of sp³-hybridized carbons (Fsp3) is 0.235. The van der Waals surface area contributed by atoms with Crippen molar-refractivity contribution in [2.24, 2.45) is 5.10 Å². The molecule has 0 saturated heterocycles. The number of aryl methyl sites for hydroxylation is 2. The van der Waals surface area contributed by atoms with Gasteiger partial charge in [-0.05, 0) is 50.1 Å². The molecular formula is C17H20N2O4S. The minimum absolute atomic E-state index is 0.0402. The molecule has 128 valence electrons. The van der Waals surface area contributed by atoms with Gasteiger partial charge in [-0.2, -0.15) is 18.4 Å². The molecule has 0 aliphatic rings. The molecule has 0 aromatic heterocycles. The smallest absolute Gasteiger partial charge is 0.276 e. The zero-order valence-corrected chi connectivity index (χ0v) is 14.8. The van der Waals surface area contributed by atoms with E-state index < -0.39 is 10.0 Å². The Hall–Kier alpha value is -2.54. The number of rotatable bonds is 5. The first-order valence-electron chi connectivity index (χ1n) is 7.25. The molecule has 0 amide bonds. The quantitative estimate of drug-likeness (QED) is 0.642. The summed E-state index contributed by atoms with van der Waals surface area (Å²) in [6, 6.07) is 9.89. The number of nitrogens with one attached hydrogen (secondary N) is 1. The fourth-order valence-electron chi connectivity index (χ4n) is 2.18. The molecule has 0 atom stereocenters. The number of sulfonamides is 1. The highest BCUT2D eigenvalue weighted by Gasteiger charge is 2.16. The van der Waals surface area contributed by atoms with Crippen molar-refractivity contribution in [2.75, 3.05) is 7.11 Å². The number of hydrogen-bond donors (Lipinski definition) is 2. The lowest BCUT2D eigenvalue weighted by molar-refractivity contribution is 0.407. The van der Waals surface area contributed by atoms with Crippen molar-refractivity contribution in [3.63, 3.8) is 0 Å². The number of phenolic OH excluding ortho intramolecular Hbond substituents is 1. The highest BCUT2D eigenvalue weighted by molar-refractivity contribution is 7.89. The predicted molar refractivity (Wildman–Crippen MR) is 93.1 cm³/mol. The molecule has 0 saturated carbocycles. The molecule has 0 aliphatic heterocycles. The lowest BCUT2D eigenvalue weighted by Crippen LogP contribution is -2.21. The Balaban J connectivity index is 2.30. The van der Waals surface area contributed by atoms with Crippen LogP contribution in [0.5, 0.6) is 11.5 Å². The minimum Gasteiger partial charge on any atom is -0.507 e. The van der Waals surface area contributed by atoms with Crippen LogP contribution in [-0.4, -0.2) is 26.3 Å². The average Bonchev–Trinajstić information content (AvgIpc) is 2.54. The molecule has 0 heterocycles. The zero-order valence-electron chi connectivity index (χ0n) is 14.0. The maximum atomic E-state index is 12.4. The van der Waals surface area contributed by atoms with Crippen molar-refractivity contribution in [1.82, 2.24) is 4.83 Å². The number of ether oxygens (including phenoxy) is 1. The summed E-state index contributed by atoms with van der Waals surface area (Å²) in [6.45, 7) is 5.15. The summed E-state index contributed by atoms with van der Waals surface area (Å²) < 4.78 is 29.9. The van der Waals surface area contributed by atoms with E-state index >= 15 is 0 Å². The third-order valence-electron chi connectivity index (χ3n) is 3.56. The second-order valence-electron chi connectivity index (χ2n) is 5.44. The number of nitrogens with zero attached hydrogens (tertiary/aromatic N) is 1. The van der Waals surface area contributed by atoms with Gasteiger partial charge in [0, 0.05) is 11.6 Å². The lowest BCUT2D eigenvalue weighted by Gasteiger charge is -2.10. The van der Waals surface area contributed by atoms with Crippen LogP contribution in [0.15, 0.2) is 46.4 Å². The zero-order chi connectivity index (χ0) is 17.9. The summed E-state index contributed by atoms with van der Waals surface area (Å²) in [5.74, 6) is 0.460. The number of benzene rings is 2. The van der Waals surface area contributed by atoms with Gasteiger partial charge in [-0.15, -0.1) is 0 Å². The van der Waals surface area contributed by atoms with Gasteiger partial charge in [-0.3, -0.25) is 0 Å². The number of phenols is 1. The maximum Gasteiger partial charge on any atom is 0.276 e. The second kappa shape index (κ2) is 6.92. The van der Waals surface area contributed by atoms with Crippen molar-refractivity contribution in [1.29, 1.82) is 0 Å². The Bertz CT molecular complexity index is 889. The minimum atomic E-state index is -3.79. The van der Waals surface area contributed by atoms with Crippen molar-refractivity contribution in [3.05, 3.63) is 53.1 Å². The van der Waals surface area contributed by atoms with Crippen LogP contribution in [0.25, 0.3) is 0 Å². The molecule has 6 nitrogen and oxygen atoms in total. The van der Waals surface area contributed by atoms with Gasteiger partial charge in [0.2, 0.25) is 0 Å². The van der Waals surface area contributed by atoms with Gasteiger partial charge in [-0.25, -0.2) is 0 Å². The Morgan fingerprint density at radius 1 is 1.17 bits per heavy atom. The number of methoxy groups -OCH3 is 1. The molecule has 0 fully saturated rings. The Labute approximate surface area is 141 Å². The average molecular weight is 348 g/mol. The molecule has 0 radical (unpaired) electrons. The van der Waals surface area contributed by atoms with E-state index in [1.54, 1.807) is 38.1 Å². The third kappa shape index (κ3) is 3.86. The van der Waals surface area contributed by atoms with Crippen LogP contribution in [0.4, 0.5) is 0 Å². The fourth-order valence-corrected chi connectivity index (χ4v) is 3.37. The Kier molecular flexibility index (Phi) is 5.14. The van der Waals surface area contributed by atoms with E-state index in [1.165, 1.54) is 13.2 Å². The van der Waals surface area contributed by atoms with E-state index in [0.717, 1.165) is 5.56 Å². The van der Waals surface area contributed by atoms with Crippen LogP contribution in [0.2, 0.25) is 0 Å². The third-order valence-corrected chi connectivity index (χ3v) is 4.91. The van der Waals surface area contributed by atoms with Gasteiger partial charge < -0.3 is 9.84 Å². The topological polar surface area (TPSA) is 88.0 Å². The molecule has 2 aromatic rings. The molecule has 0 spiro atoms. The highest BCUT2D eigenvalue weighted by atomic mass is 32.2. The van der Waals surface area contributed by atoms with E-state index in [1.807, 2.05) is 13.0 Å². The normalized spacial score (nSPS) is 12.1. The molecule has 2 aromatic carbocycles. The summed E-state index contributed by atoms with van der Waals surface area (Å²) in [6.07, 6.45) is 0. The summed E-state index contributed by atoms with van der Waals surface area (Å²) in [5.41, 5.74) is 2.23. The molecule has 2 rings (SSSR count). The maximum absolute atomic E-state index is 12.4. The van der Waals surface area contributed by atoms with Crippen molar-refractivity contribution >= 4 is 15.7 Å². The Morgan fingerprint density at radius 2 is 1.88 bits per heavy atom. The summed E-state index contributed by atoms with van der Waals surface area (Å²) in [4.78, 5) is 2.39. The van der Waals surface area contributed by atoms with Crippen LogP contribution in [0.1, 0.15) is 23.6 Å². The van der Waals surface area contributed by atoms with E-state index in [4.69, 9.17) is 4.74 Å². The first kappa shape index (κ1) is 17.8. The highest BCUT2D eigenvalue weighted by Crippen LogP contribution is 2.24. The number of hydrazone groups is 1. The van der Waals surface area contributed by atoms with Gasteiger partial charge >= 0.3 is 0 Å². The van der Waals surface area contributed by atoms with Crippen LogP contribution < -0.4 is 9.57 Å². The van der Waals surface area contributed by atoms with Gasteiger partial charge in [-0.1, -0.05) is 12.1 Å². The van der Waals surface area contributed by atoms with Gasteiger partial charge in [0.25, 0.3) is 10.0 Å². The first-order chi connectivity index (χ1) is 11.2. The molecule has 0 aliphatic carbocycles. The number of hydrogen-bond acceptors (Lipinski definition) is 5. The van der Waals surface area contributed by atoms with E-state index in [-0.39, 0.29) is 10.6 Å². The summed E-state index contributed by atoms with van der Waals surface area (Å²) in [5, 5.41) is 13.9. The van der Waals surface area contributed by atoms with Crippen molar-refractivity contribution in [2.45, 2.75) is 25.7 Å². The van der Waals surface area contributed by atoms with E-state index in [9.17, 15) is 13.5 Å². The van der Waals surface area contributed by atoms with E-state index in [2.05, 4.69) is 9.93 Å². The first-order valence-corrected chi connectivity index (χ1v) is 8.73. The van der Waals surface area contributed by atoms with Crippen LogP contribution in [0.3, 0.4) is 0 Å². The molecule has 24 heavy (non-hydrogen) atoms. The predicted octanol–water partition coefficient (Wildman–Crippen LogP) is 2.72. The second-order valence-corrected chi connectivity index (χ2v) is 7.07. The van der Waals surface area contributed by atoms with Crippen molar-refractivity contribution < 1.29 is 18.3 Å². The van der Waals surface area contributed by atoms with Gasteiger partial charge in [0.05, 0.1) is 17.7 Å². The van der Waals surface area contributed by atoms with Crippen LogP contribution in [-0.2, 0) is 10.0 Å². The van der Waals surface area contributed by atoms with E-state index in [0.29, 0.717) is 22.6 Å².